The monoisotopic (exact) mass is 666 g/mol. The number of fused-ring (bicyclic) bond motifs is 4. The van der Waals surface area contributed by atoms with Crippen molar-refractivity contribution in [2.24, 2.45) is 0 Å². The van der Waals surface area contributed by atoms with Gasteiger partial charge in [0.1, 0.15) is 11.6 Å². The van der Waals surface area contributed by atoms with Crippen molar-refractivity contribution >= 4 is 57.8 Å². The van der Waals surface area contributed by atoms with E-state index in [1.807, 2.05) is 0 Å². The Morgan fingerprint density at radius 1 is 0.560 bits per heavy atom. The first-order chi connectivity index (χ1) is 24.2. The van der Waals surface area contributed by atoms with Crippen molar-refractivity contribution in [2.45, 2.75) is 13.1 Å². The lowest BCUT2D eigenvalue weighted by Crippen LogP contribution is -2.30. The Bertz CT molecular complexity index is 2220. The van der Waals surface area contributed by atoms with Gasteiger partial charge in [-0.15, -0.1) is 0 Å². The van der Waals surface area contributed by atoms with E-state index in [-0.39, 0.29) is 47.4 Å². The highest BCUT2D eigenvalue weighted by molar-refractivity contribution is 6.22. The molecule has 0 spiro atoms. The van der Waals surface area contributed by atoms with Gasteiger partial charge in [-0.1, -0.05) is 49.1 Å². The van der Waals surface area contributed by atoms with Crippen molar-refractivity contribution in [2.75, 3.05) is 0 Å². The van der Waals surface area contributed by atoms with Gasteiger partial charge in [0.2, 0.25) is 0 Å². The molecule has 0 N–H and O–H groups in total. The van der Waals surface area contributed by atoms with Gasteiger partial charge in [0, 0.05) is 16.3 Å². The van der Waals surface area contributed by atoms with Crippen molar-refractivity contribution in [1.29, 1.82) is 0 Å². The SMILES string of the molecule is C=Cc1cc2c(F)cccc2nc1CN1C(=O)c2ccccc2C1=O.O=Cc1cc2c(F)cccc2nc1CN1C(=O)c2ccccc2C1=O. The Morgan fingerprint density at radius 3 is 1.32 bits per heavy atom. The number of carbonyl (C=O) groups excluding carboxylic acids is 5. The molecule has 50 heavy (non-hydrogen) atoms. The van der Waals surface area contributed by atoms with Gasteiger partial charge in [0.15, 0.2) is 6.29 Å². The third-order valence-corrected chi connectivity index (χ3v) is 8.56. The second-order valence-corrected chi connectivity index (χ2v) is 11.5. The molecular formula is C39H24F2N4O5. The molecule has 4 heterocycles. The topological polar surface area (TPSA) is 118 Å². The summed E-state index contributed by atoms with van der Waals surface area (Å²) in [5.41, 5.74) is 3.75. The highest BCUT2D eigenvalue weighted by Gasteiger charge is 2.37. The minimum Gasteiger partial charge on any atom is -0.298 e. The normalized spacial score (nSPS) is 13.4. The summed E-state index contributed by atoms with van der Waals surface area (Å²) in [5, 5.41) is 0.597. The number of rotatable bonds is 6. The molecule has 4 amide bonds. The molecule has 0 bridgehead atoms. The number of imide groups is 2. The van der Waals surface area contributed by atoms with Crippen LogP contribution in [0.3, 0.4) is 0 Å². The summed E-state index contributed by atoms with van der Waals surface area (Å²) >= 11 is 0. The summed E-state index contributed by atoms with van der Waals surface area (Å²) in [7, 11) is 0. The lowest BCUT2D eigenvalue weighted by molar-refractivity contribution is 0.0625. The van der Waals surface area contributed by atoms with Crippen LogP contribution in [-0.2, 0) is 13.1 Å². The number of aldehydes is 1. The van der Waals surface area contributed by atoms with Crippen LogP contribution in [0, 0.1) is 11.6 Å². The molecule has 244 valence electrons. The van der Waals surface area contributed by atoms with Gasteiger partial charge in [-0.25, -0.2) is 8.78 Å². The maximum absolute atomic E-state index is 13.9. The number of hydrogen-bond donors (Lipinski definition) is 0. The van der Waals surface area contributed by atoms with E-state index >= 15 is 0 Å². The van der Waals surface area contributed by atoms with Crippen molar-refractivity contribution in [3.63, 3.8) is 0 Å². The Hall–Kier alpha value is -6.75. The molecule has 0 radical (unpaired) electrons. The van der Waals surface area contributed by atoms with Crippen LogP contribution in [0.2, 0.25) is 0 Å². The van der Waals surface area contributed by atoms with Gasteiger partial charge in [0.05, 0.1) is 57.8 Å². The minimum atomic E-state index is -0.486. The lowest BCUT2D eigenvalue weighted by atomic mass is 10.1. The third kappa shape index (κ3) is 5.40. The lowest BCUT2D eigenvalue weighted by Gasteiger charge is -2.15. The summed E-state index contributed by atoms with van der Waals surface area (Å²) in [5.74, 6) is -2.42. The first kappa shape index (κ1) is 31.8. The fraction of sp³-hybridized carbons (Fsp3) is 0.0513. The van der Waals surface area contributed by atoms with Crippen LogP contribution in [-0.4, -0.2) is 49.7 Å². The van der Waals surface area contributed by atoms with Crippen LogP contribution in [0.5, 0.6) is 0 Å². The van der Waals surface area contributed by atoms with Gasteiger partial charge in [-0.3, -0.25) is 43.7 Å². The second kappa shape index (κ2) is 12.7. The molecular weight excluding hydrogens is 642 g/mol. The number of pyridine rings is 2. The average molecular weight is 667 g/mol. The van der Waals surface area contributed by atoms with E-state index in [4.69, 9.17) is 0 Å². The molecule has 0 aliphatic carbocycles. The second-order valence-electron chi connectivity index (χ2n) is 11.5. The van der Waals surface area contributed by atoms with Gasteiger partial charge >= 0.3 is 0 Å². The van der Waals surface area contributed by atoms with Crippen molar-refractivity contribution in [3.8, 4) is 0 Å². The van der Waals surface area contributed by atoms with E-state index in [2.05, 4.69) is 16.5 Å². The van der Waals surface area contributed by atoms with Crippen LogP contribution >= 0.6 is 0 Å². The Morgan fingerprint density at radius 2 is 0.940 bits per heavy atom. The predicted molar refractivity (Wildman–Crippen MR) is 180 cm³/mol. The van der Waals surface area contributed by atoms with Crippen LogP contribution in [0.4, 0.5) is 8.78 Å². The van der Waals surface area contributed by atoms with E-state index in [0.717, 1.165) is 9.80 Å². The molecule has 8 rings (SSSR count). The van der Waals surface area contributed by atoms with Crippen LogP contribution < -0.4 is 0 Å². The van der Waals surface area contributed by atoms with Gasteiger partial charge in [0.25, 0.3) is 23.6 Å². The van der Waals surface area contributed by atoms with E-state index in [1.165, 1.54) is 24.3 Å². The number of hydrogen-bond acceptors (Lipinski definition) is 7. The molecule has 6 aromatic rings. The molecule has 0 saturated heterocycles. The fourth-order valence-corrected chi connectivity index (χ4v) is 6.03. The van der Waals surface area contributed by atoms with Gasteiger partial charge < -0.3 is 0 Å². The smallest absolute Gasteiger partial charge is 0.261 e. The average Bonchev–Trinajstić information content (AvgIpc) is 3.52. The standard InChI is InChI=1S/C20H13FN2O2.C19H11FN2O3/c1-2-12-10-15-16(21)8-5-9-17(15)22-18(12)11-23-19(24)13-6-3-4-7-14(13)20(23)25;20-15-6-3-7-16-14(15)8-11(10-23)17(21-16)9-22-18(24)12-4-1-2-5-13(12)19(22)25/h2-10H,1,11H2;1-8,10H,9H2. The van der Waals surface area contributed by atoms with E-state index in [9.17, 15) is 32.8 Å². The van der Waals surface area contributed by atoms with Gasteiger partial charge in [-0.05, 0) is 66.2 Å². The maximum atomic E-state index is 13.9. The van der Waals surface area contributed by atoms with Crippen LogP contribution in [0.1, 0.15) is 68.7 Å². The summed E-state index contributed by atoms with van der Waals surface area (Å²) in [6.07, 6.45) is 2.10. The summed E-state index contributed by atoms with van der Waals surface area (Å²) in [4.78, 5) is 72.3. The highest BCUT2D eigenvalue weighted by atomic mass is 19.1. The summed E-state index contributed by atoms with van der Waals surface area (Å²) in [6.45, 7) is 3.60. The molecule has 2 aromatic heterocycles. The Balaban J connectivity index is 0.000000157. The molecule has 9 nitrogen and oxygen atoms in total. The first-order valence-corrected chi connectivity index (χ1v) is 15.3. The Labute approximate surface area is 283 Å². The third-order valence-electron chi connectivity index (χ3n) is 8.56. The van der Waals surface area contributed by atoms with E-state index in [1.54, 1.807) is 78.9 Å². The van der Waals surface area contributed by atoms with Crippen LogP contribution in [0.25, 0.3) is 27.9 Å². The fourth-order valence-electron chi connectivity index (χ4n) is 6.03. The zero-order chi connectivity index (χ0) is 35.1. The molecule has 0 saturated carbocycles. The summed E-state index contributed by atoms with van der Waals surface area (Å²) in [6, 6.07) is 25.3. The van der Waals surface area contributed by atoms with Crippen molar-refractivity contribution in [1.82, 2.24) is 19.8 Å². The molecule has 11 heteroatoms. The van der Waals surface area contributed by atoms with Crippen molar-refractivity contribution < 1.29 is 32.8 Å². The molecule has 2 aliphatic heterocycles. The highest BCUT2D eigenvalue weighted by Crippen LogP contribution is 2.28. The van der Waals surface area contributed by atoms with E-state index in [0.29, 0.717) is 56.2 Å². The number of aromatic nitrogens is 2. The quantitative estimate of drug-likeness (QED) is 0.142. The molecule has 4 aromatic carbocycles. The predicted octanol–water partition coefficient (Wildman–Crippen LogP) is 6.80. The number of benzene rings is 4. The minimum absolute atomic E-state index is 0.0140. The molecule has 0 fully saturated rings. The molecule has 0 atom stereocenters. The molecule has 0 unspecified atom stereocenters. The van der Waals surface area contributed by atoms with E-state index < -0.39 is 17.6 Å². The largest absolute Gasteiger partial charge is 0.298 e. The number of carbonyl (C=O) groups is 5. The molecule has 2 aliphatic rings. The first-order valence-electron chi connectivity index (χ1n) is 15.3. The maximum Gasteiger partial charge on any atom is 0.261 e. The Kier molecular flexibility index (Phi) is 8.08. The van der Waals surface area contributed by atoms with Crippen LogP contribution in [0.15, 0.2) is 104 Å². The summed E-state index contributed by atoms with van der Waals surface area (Å²) < 4.78 is 27.8. The van der Waals surface area contributed by atoms with Crippen molar-refractivity contribution in [3.05, 3.63) is 160 Å². The zero-order valence-corrected chi connectivity index (χ0v) is 26.1. The number of nitrogens with zero attached hydrogens (tertiary/aromatic N) is 4. The number of halogens is 2. The number of amides is 4. The van der Waals surface area contributed by atoms with Gasteiger partial charge in [-0.2, -0.15) is 0 Å². The zero-order valence-electron chi connectivity index (χ0n) is 26.1.